The average molecular weight is 539 g/mol. The molecule has 0 fully saturated rings. The molecular weight excluding hydrogens is 496 g/mol. The van der Waals surface area contributed by atoms with Crippen LogP contribution in [0.4, 0.5) is 0 Å². The highest BCUT2D eigenvalue weighted by Crippen LogP contribution is 2.25. The third kappa shape index (κ3) is 13.6. The van der Waals surface area contributed by atoms with E-state index in [4.69, 9.17) is 10.2 Å². The second kappa shape index (κ2) is 18.4. The molecule has 2 atom stereocenters. The highest BCUT2D eigenvalue weighted by molar-refractivity contribution is 7.99. The topological polar surface area (TPSA) is 94.8 Å². The monoisotopic (exact) mass is 538 g/mol. The van der Waals surface area contributed by atoms with E-state index in [-0.39, 0.29) is 11.7 Å². The second-order valence-electron chi connectivity index (χ2n) is 9.66. The first-order chi connectivity index (χ1) is 18.4. The lowest BCUT2D eigenvalue weighted by molar-refractivity contribution is -0.137. The van der Waals surface area contributed by atoms with Gasteiger partial charge in [0.1, 0.15) is 0 Å². The number of aliphatic hydroxyl groups is 1. The van der Waals surface area contributed by atoms with Gasteiger partial charge < -0.3 is 15.3 Å². The van der Waals surface area contributed by atoms with Crippen LogP contribution < -0.4 is 0 Å². The SMILES string of the molecule is CCCCCCCc1ccc(C/C=C\[C@@H](SCc2ccc(/C=C/C(=O)O)cc2)[C@@H](O)CCCC(=O)O)cc1. The number of benzene rings is 2. The number of carboxylic acid groups (broad SMARTS) is 2. The van der Waals surface area contributed by atoms with Crippen LogP contribution in [0.5, 0.6) is 0 Å². The molecule has 6 heteroatoms. The molecule has 38 heavy (non-hydrogen) atoms. The molecule has 3 N–H and O–H groups in total. The largest absolute Gasteiger partial charge is 0.481 e. The van der Waals surface area contributed by atoms with E-state index in [1.54, 1.807) is 17.8 Å². The third-order valence-corrected chi connectivity index (χ3v) is 7.74. The van der Waals surface area contributed by atoms with E-state index in [9.17, 15) is 14.7 Å². The van der Waals surface area contributed by atoms with Crippen molar-refractivity contribution in [1.82, 2.24) is 0 Å². The molecule has 0 aliphatic heterocycles. The van der Waals surface area contributed by atoms with E-state index in [2.05, 4.69) is 37.3 Å². The molecule has 0 aliphatic carbocycles. The minimum atomic E-state index is -0.982. The Morgan fingerprint density at radius 1 is 0.868 bits per heavy atom. The summed E-state index contributed by atoms with van der Waals surface area (Å²) in [6, 6.07) is 16.4. The molecule has 0 saturated carbocycles. The van der Waals surface area contributed by atoms with Gasteiger partial charge in [-0.15, -0.1) is 11.8 Å². The average Bonchev–Trinajstić information content (AvgIpc) is 2.90. The zero-order chi connectivity index (χ0) is 27.6. The summed E-state index contributed by atoms with van der Waals surface area (Å²) in [7, 11) is 0. The van der Waals surface area contributed by atoms with E-state index >= 15 is 0 Å². The molecule has 0 heterocycles. The Morgan fingerprint density at radius 2 is 1.53 bits per heavy atom. The minimum absolute atomic E-state index is 0.0500. The molecule has 2 rings (SSSR count). The van der Waals surface area contributed by atoms with E-state index in [0.717, 1.165) is 30.0 Å². The van der Waals surface area contributed by atoms with Crippen LogP contribution >= 0.6 is 11.8 Å². The first kappa shape index (κ1) is 31.4. The number of aryl methyl sites for hydroxylation is 1. The van der Waals surface area contributed by atoms with Gasteiger partial charge in [-0.25, -0.2) is 4.79 Å². The molecule has 206 valence electrons. The first-order valence-corrected chi connectivity index (χ1v) is 14.7. The van der Waals surface area contributed by atoms with E-state index in [1.807, 2.05) is 30.3 Å². The lowest BCUT2D eigenvalue weighted by Crippen LogP contribution is -2.21. The number of rotatable bonds is 19. The number of unbranched alkanes of at least 4 members (excludes halogenated alkanes) is 4. The van der Waals surface area contributed by atoms with Gasteiger partial charge in [-0.2, -0.15) is 0 Å². The van der Waals surface area contributed by atoms with Crippen molar-refractivity contribution < 1.29 is 24.9 Å². The maximum atomic E-state index is 10.9. The van der Waals surface area contributed by atoms with Crippen molar-refractivity contribution in [2.24, 2.45) is 0 Å². The van der Waals surface area contributed by atoms with Gasteiger partial charge in [0.05, 0.1) is 6.10 Å². The van der Waals surface area contributed by atoms with Crippen molar-refractivity contribution in [2.75, 3.05) is 0 Å². The number of allylic oxidation sites excluding steroid dienone is 1. The first-order valence-electron chi connectivity index (χ1n) is 13.6. The van der Waals surface area contributed by atoms with Crippen LogP contribution in [0.2, 0.25) is 0 Å². The van der Waals surface area contributed by atoms with Gasteiger partial charge in [0.2, 0.25) is 0 Å². The van der Waals surface area contributed by atoms with E-state index in [0.29, 0.717) is 18.6 Å². The van der Waals surface area contributed by atoms with Crippen LogP contribution in [0.15, 0.2) is 66.8 Å². The summed E-state index contributed by atoms with van der Waals surface area (Å²) in [6.45, 7) is 2.23. The molecule has 0 unspecified atom stereocenters. The van der Waals surface area contributed by atoms with Crippen LogP contribution in [0.1, 0.15) is 80.5 Å². The summed E-state index contributed by atoms with van der Waals surface area (Å²) >= 11 is 1.62. The second-order valence-corrected chi connectivity index (χ2v) is 10.8. The van der Waals surface area contributed by atoms with Crippen molar-refractivity contribution in [1.29, 1.82) is 0 Å². The zero-order valence-electron chi connectivity index (χ0n) is 22.4. The standard InChI is InChI=1S/C32H42O5S/c1-2-3-4-5-6-9-25-14-16-26(17-15-25)10-7-12-30(29(33)11-8-13-31(34)35)38-24-28-20-18-27(19-21-28)22-23-32(36)37/h7,12,14-23,29-30,33H,2-6,8-11,13,24H2,1H3,(H,34,35)(H,36,37)/b12-7-,23-22+/t29-,30+/m0/s1. The fourth-order valence-electron chi connectivity index (χ4n) is 4.12. The molecule has 0 aromatic heterocycles. The summed E-state index contributed by atoms with van der Waals surface area (Å²) in [5.74, 6) is -1.15. The summed E-state index contributed by atoms with van der Waals surface area (Å²) in [6.07, 6.45) is 15.4. The van der Waals surface area contributed by atoms with Gasteiger partial charge in [-0.1, -0.05) is 93.3 Å². The van der Waals surface area contributed by atoms with Crippen molar-refractivity contribution in [3.63, 3.8) is 0 Å². The summed E-state index contributed by atoms with van der Waals surface area (Å²) in [5.41, 5.74) is 4.49. The van der Waals surface area contributed by atoms with Gasteiger partial charge in [-0.3, -0.25) is 4.79 Å². The Bertz CT molecular complexity index is 1010. The molecule has 0 spiro atoms. The lowest BCUT2D eigenvalue weighted by atomic mass is 10.0. The number of carbonyl (C=O) groups is 2. The van der Waals surface area contributed by atoms with Gasteiger partial charge in [0.25, 0.3) is 0 Å². The number of aliphatic carboxylic acids is 2. The van der Waals surface area contributed by atoms with Gasteiger partial charge in [0, 0.05) is 23.5 Å². The van der Waals surface area contributed by atoms with Crippen LogP contribution in [-0.4, -0.2) is 38.6 Å². The Hall–Kier alpha value is -2.83. The van der Waals surface area contributed by atoms with Crippen LogP contribution in [-0.2, 0) is 28.2 Å². The number of hydrogen-bond acceptors (Lipinski definition) is 4. The molecule has 0 amide bonds. The number of carboxylic acids is 2. The third-order valence-electron chi connectivity index (χ3n) is 6.38. The van der Waals surface area contributed by atoms with E-state index < -0.39 is 18.0 Å². The molecule has 2 aromatic rings. The van der Waals surface area contributed by atoms with Crippen LogP contribution in [0.3, 0.4) is 0 Å². The molecule has 0 aliphatic rings. The number of hydrogen-bond donors (Lipinski definition) is 3. The summed E-state index contributed by atoms with van der Waals surface area (Å²) in [4.78, 5) is 21.6. The van der Waals surface area contributed by atoms with Crippen molar-refractivity contribution >= 4 is 29.8 Å². The predicted molar refractivity (Wildman–Crippen MR) is 157 cm³/mol. The Kier molecular flexibility index (Phi) is 15.2. The predicted octanol–water partition coefficient (Wildman–Crippen LogP) is 7.31. The highest BCUT2D eigenvalue weighted by Gasteiger charge is 2.17. The summed E-state index contributed by atoms with van der Waals surface area (Å²) < 4.78 is 0. The summed E-state index contributed by atoms with van der Waals surface area (Å²) in [5, 5.41) is 28.4. The minimum Gasteiger partial charge on any atom is -0.481 e. The molecular formula is C32H42O5S. The fourth-order valence-corrected chi connectivity index (χ4v) is 5.28. The number of aliphatic hydroxyl groups excluding tert-OH is 1. The maximum Gasteiger partial charge on any atom is 0.328 e. The van der Waals surface area contributed by atoms with Crippen LogP contribution in [0.25, 0.3) is 6.08 Å². The quantitative estimate of drug-likeness (QED) is 0.0986. The smallest absolute Gasteiger partial charge is 0.328 e. The maximum absolute atomic E-state index is 10.9. The van der Waals surface area contributed by atoms with E-state index in [1.165, 1.54) is 43.2 Å². The Balaban J connectivity index is 1.93. The Labute approximate surface area is 231 Å². The highest BCUT2D eigenvalue weighted by atomic mass is 32.2. The fraction of sp³-hybridized carbons (Fsp3) is 0.438. The van der Waals surface area contributed by atoms with Gasteiger partial charge in [0.15, 0.2) is 0 Å². The normalized spacial score (nSPS) is 13.2. The van der Waals surface area contributed by atoms with Crippen molar-refractivity contribution in [3.05, 3.63) is 89.0 Å². The lowest BCUT2D eigenvalue weighted by Gasteiger charge is -2.19. The Morgan fingerprint density at radius 3 is 2.18 bits per heavy atom. The molecule has 0 saturated heterocycles. The zero-order valence-corrected chi connectivity index (χ0v) is 23.2. The van der Waals surface area contributed by atoms with Crippen molar-refractivity contribution in [2.45, 2.75) is 88.2 Å². The molecule has 0 radical (unpaired) electrons. The van der Waals surface area contributed by atoms with Gasteiger partial charge >= 0.3 is 11.9 Å². The molecule has 0 bridgehead atoms. The van der Waals surface area contributed by atoms with Gasteiger partial charge in [-0.05, 0) is 60.4 Å². The van der Waals surface area contributed by atoms with Crippen LogP contribution in [0, 0.1) is 0 Å². The van der Waals surface area contributed by atoms with Crippen molar-refractivity contribution in [3.8, 4) is 0 Å². The molecule has 5 nitrogen and oxygen atoms in total. The number of thioether (sulfide) groups is 1. The molecule has 2 aromatic carbocycles.